The van der Waals surface area contributed by atoms with Crippen LogP contribution in [-0.2, 0) is 0 Å². The predicted octanol–water partition coefficient (Wildman–Crippen LogP) is 2.33. The second-order valence-electron chi connectivity index (χ2n) is 2.44. The molecule has 1 rings (SSSR count). The summed E-state index contributed by atoms with van der Waals surface area (Å²) in [6.45, 7) is -0.459. The molecule has 0 amide bonds. The summed E-state index contributed by atoms with van der Waals surface area (Å²) in [5, 5.41) is 12.1. The summed E-state index contributed by atoms with van der Waals surface area (Å²) in [6.07, 6.45) is 1.28. The van der Waals surface area contributed by atoms with E-state index in [2.05, 4.69) is 30.9 Å². The summed E-state index contributed by atoms with van der Waals surface area (Å²) in [6, 6.07) is 0.475. The summed E-state index contributed by atoms with van der Waals surface area (Å²) in [4.78, 5) is 5.93. The van der Waals surface area contributed by atoms with Crippen LogP contribution in [0.1, 0.15) is 11.6 Å². The Balaban J connectivity index is 3.14. The van der Waals surface area contributed by atoms with Crippen molar-refractivity contribution >= 4 is 15.9 Å². The highest BCUT2D eigenvalue weighted by Crippen LogP contribution is 2.22. The number of halogens is 2. The van der Waals surface area contributed by atoms with Gasteiger partial charge in [0, 0.05) is 21.1 Å². The lowest BCUT2D eigenvalue weighted by Crippen LogP contribution is -2.04. The van der Waals surface area contributed by atoms with Crippen molar-refractivity contribution < 1.29 is 9.50 Å². The Bertz CT molecular complexity index is 380. The predicted molar refractivity (Wildman–Crippen MR) is 50.9 cm³/mol. The van der Waals surface area contributed by atoms with Crippen LogP contribution < -0.4 is 0 Å². The summed E-state index contributed by atoms with van der Waals surface area (Å²) in [5.41, 5.74) is 8.25. The molecule has 1 unspecified atom stereocenters. The van der Waals surface area contributed by atoms with Crippen LogP contribution in [0.3, 0.4) is 0 Å². The normalized spacial score (nSPS) is 11.9. The molecule has 74 valence electrons. The van der Waals surface area contributed by atoms with Gasteiger partial charge in [-0.1, -0.05) is 5.11 Å². The maximum Gasteiger partial charge on any atom is 0.216 e. The van der Waals surface area contributed by atoms with E-state index in [1.165, 1.54) is 12.3 Å². The standard InChI is InChI=1S/C7H6BrFN4O/c8-4-1-5(7(9)11-2-4)6(3-14)12-13-10/h1-2,6,14H,3H2. The average Bonchev–Trinajstić information content (AvgIpc) is 2.18. The van der Waals surface area contributed by atoms with E-state index in [-0.39, 0.29) is 5.56 Å². The van der Waals surface area contributed by atoms with Gasteiger partial charge in [0.05, 0.1) is 12.6 Å². The zero-order valence-electron chi connectivity index (χ0n) is 6.93. The van der Waals surface area contributed by atoms with E-state index in [4.69, 9.17) is 10.6 Å². The molecule has 0 radical (unpaired) electrons. The van der Waals surface area contributed by atoms with Crippen LogP contribution in [0.2, 0.25) is 0 Å². The van der Waals surface area contributed by atoms with Crippen LogP contribution in [-0.4, -0.2) is 16.7 Å². The van der Waals surface area contributed by atoms with Gasteiger partial charge in [0.15, 0.2) is 0 Å². The van der Waals surface area contributed by atoms with Crippen LogP contribution in [0, 0.1) is 5.95 Å². The number of aromatic nitrogens is 1. The van der Waals surface area contributed by atoms with Crippen molar-refractivity contribution in [3.63, 3.8) is 0 Å². The minimum Gasteiger partial charge on any atom is -0.396 e. The minimum atomic E-state index is -0.940. The second kappa shape index (κ2) is 4.90. The first kappa shape index (κ1) is 10.9. The Morgan fingerprint density at radius 1 is 1.79 bits per heavy atom. The third-order valence-electron chi connectivity index (χ3n) is 1.56. The number of hydrogen-bond acceptors (Lipinski definition) is 3. The molecule has 0 fully saturated rings. The number of azide groups is 1. The van der Waals surface area contributed by atoms with Crippen molar-refractivity contribution in [2.45, 2.75) is 6.04 Å². The van der Waals surface area contributed by atoms with Gasteiger partial charge in [-0.05, 0) is 27.5 Å². The lowest BCUT2D eigenvalue weighted by Gasteiger charge is -2.08. The molecule has 1 atom stereocenters. The van der Waals surface area contributed by atoms with Gasteiger partial charge in [-0.3, -0.25) is 0 Å². The first-order valence-electron chi connectivity index (χ1n) is 3.65. The van der Waals surface area contributed by atoms with E-state index in [1.807, 2.05) is 0 Å². The van der Waals surface area contributed by atoms with E-state index < -0.39 is 18.6 Å². The van der Waals surface area contributed by atoms with Gasteiger partial charge < -0.3 is 5.11 Å². The van der Waals surface area contributed by atoms with Crippen LogP contribution in [0.15, 0.2) is 21.9 Å². The van der Waals surface area contributed by atoms with Crippen LogP contribution in [0.25, 0.3) is 10.4 Å². The van der Waals surface area contributed by atoms with Crippen molar-refractivity contribution in [3.8, 4) is 0 Å². The van der Waals surface area contributed by atoms with E-state index in [0.717, 1.165) is 0 Å². The quantitative estimate of drug-likeness (QED) is 0.392. The molecule has 7 heteroatoms. The molecule has 0 aromatic carbocycles. The van der Waals surface area contributed by atoms with Crippen LogP contribution in [0.5, 0.6) is 0 Å². The van der Waals surface area contributed by atoms with Gasteiger partial charge in [-0.2, -0.15) is 4.39 Å². The number of nitrogens with zero attached hydrogens (tertiary/aromatic N) is 4. The number of aliphatic hydroxyl groups excluding tert-OH is 1. The van der Waals surface area contributed by atoms with Crippen molar-refractivity contribution in [3.05, 3.63) is 38.7 Å². The zero-order valence-corrected chi connectivity index (χ0v) is 8.52. The summed E-state index contributed by atoms with van der Waals surface area (Å²) in [7, 11) is 0. The van der Waals surface area contributed by atoms with E-state index >= 15 is 0 Å². The van der Waals surface area contributed by atoms with Crippen molar-refractivity contribution in [1.82, 2.24) is 4.98 Å². The lowest BCUT2D eigenvalue weighted by atomic mass is 10.1. The Labute approximate surface area is 87.3 Å². The Morgan fingerprint density at radius 2 is 2.50 bits per heavy atom. The fourth-order valence-corrected chi connectivity index (χ4v) is 1.28. The Kier molecular flexibility index (Phi) is 3.82. The summed E-state index contributed by atoms with van der Waals surface area (Å²) in [5.74, 6) is -0.750. The Hall–Kier alpha value is -1.17. The monoisotopic (exact) mass is 260 g/mol. The molecular formula is C7H6BrFN4O. The van der Waals surface area contributed by atoms with Gasteiger partial charge in [0.25, 0.3) is 0 Å². The molecular weight excluding hydrogens is 255 g/mol. The van der Waals surface area contributed by atoms with E-state index in [1.54, 1.807) is 0 Å². The van der Waals surface area contributed by atoms with Gasteiger partial charge in [-0.25, -0.2) is 4.98 Å². The molecule has 5 nitrogen and oxygen atoms in total. The van der Waals surface area contributed by atoms with E-state index in [0.29, 0.717) is 4.47 Å². The SMILES string of the molecule is [N-]=[N+]=NC(CO)c1cc(Br)cnc1F. The molecule has 0 aliphatic rings. The first-order valence-corrected chi connectivity index (χ1v) is 4.44. The van der Waals surface area contributed by atoms with Crippen LogP contribution in [0.4, 0.5) is 4.39 Å². The maximum absolute atomic E-state index is 13.1. The molecule has 1 aromatic rings. The highest BCUT2D eigenvalue weighted by Gasteiger charge is 2.14. The van der Waals surface area contributed by atoms with E-state index in [9.17, 15) is 4.39 Å². The van der Waals surface area contributed by atoms with Crippen molar-refractivity contribution in [2.75, 3.05) is 6.61 Å². The van der Waals surface area contributed by atoms with Crippen molar-refractivity contribution in [1.29, 1.82) is 0 Å². The van der Waals surface area contributed by atoms with Crippen molar-refractivity contribution in [2.24, 2.45) is 5.11 Å². The third-order valence-corrected chi connectivity index (χ3v) is 1.99. The second-order valence-corrected chi connectivity index (χ2v) is 3.35. The fourth-order valence-electron chi connectivity index (χ4n) is 0.931. The molecule has 14 heavy (non-hydrogen) atoms. The van der Waals surface area contributed by atoms with Gasteiger partial charge in [0.1, 0.15) is 0 Å². The number of aliphatic hydroxyl groups is 1. The number of rotatable bonds is 3. The van der Waals surface area contributed by atoms with Gasteiger partial charge in [-0.15, -0.1) is 0 Å². The summed E-state index contributed by atoms with van der Waals surface area (Å²) < 4.78 is 13.7. The molecule has 0 aliphatic carbocycles. The fraction of sp³-hybridized carbons (Fsp3) is 0.286. The third kappa shape index (κ3) is 2.41. The molecule has 1 N–H and O–H groups in total. The minimum absolute atomic E-state index is 0.0691. The molecule has 0 bridgehead atoms. The molecule has 1 heterocycles. The zero-order chi connectivity index (χ0) is 10.6. The average molecular weight is 261 g/mol. The first-order chi connectivity index (χ1) is 6.69. The molecule has 0 saturated carbocycles. The van der Waals surface area contributed by atoms with Gasteiger partial charge in [0.2, 0.25) is 5.95 Å². The lowest BCUT2D eigenvalue weighted by molar-refractivity contribution is 0.264. The largest absolute Gasteiger partial charge is 0.396 e. The number of hydrogen-bond donors (Lipinski definition) is 1. The molecule has 1 aromatic heterocycles. The highest BCUT2D eigenvalue weighted by molar-refractivity contribution is 9.10. The molecule has 0 saturated heterocycles. The Morgan fingerprint density at radius 3 is 3.07 bits per heavy atom. The molecule has 0 aliphatic heterocycles. The maximum atomic E-state index is 13.1. The smallest absolute Gasteiger partial charge is 0.216 e. The topological polar surface area (TPSA) is 81.9 Å². The number of pyridine rings is 1. The van der Waals surface area contributed by atoms with Gasteiger partial charge >= 0.3 is 0 Å². The summed E-state index contributed by atoms with van der Waals surface area (Å²) >= 11 is 3.10. The molecule has 0 spiro atoms. The highest BCUT2D eigenvalue weighted by atomic mass is 79.9. The van der Waals surface area contributed by atoms with Crippen LogP contribution >= 0.6 is 15.9 Å².